The summed E-state index contributed by atoms with van der Waals surface area (Å²) >= 11 is 0. The van der Waals surface area contributed by atoms with E-state index in [0.29, 0.717) is 24.6 Å². The molecule has 0 bridgehead atoms. The Morgan fingerprint density at radius 1 is 1.12 bits per heavy atom. The van der Waals surface area contributed by atoms with Crippen LogP contribution in [0.3, 0.4) is 0 Å². The second-order valence-corrected chi connectivity index (χ2v) is 5.91. The summed E-state index contributed by atoms with van der Waals surface area (Å²) in [6, 6.07) is 15.2. The highest BCUT2D eigenvalue weighted by Gasteiger charge is 2.18. The monoisotopic (exact) mass is 347 g/mol. The number of amides is 1. The Hall–Kier alpha value is -3.28. The molecule has 0 aliphatic rings. The first-order valence-electron chi connectivity index (χ1n) is 8.52. The second kappa shape index (κ2) is 8.20. The minimum atomic E-state index is -0.163. The Kier molecular flexibility index (Phi) is 5.53. The van der Waals surface area contributed by atoms with E-state index in [-0.39, 0.29) is 5.91 Å². The van der Waals surface area contributed by atoms with Gasteiger partial charge in [-0.25, -0.2) is 0 Å². The molecular formula is C20H21N5O. The Bertz CT molecular complexity index is 865. The summed E-state index contributed by atoms with van der Waals surface area (Å²) in [5.74, 6) is 0.452. The number of rotatable bonds is 6. The van der Waals surface area contributed by atoms with Crippen LogP contribution in [0.2, 0.25) is 0 Å². The van der Waals surface area contributed by atoms with Gasteiger partial charge < -0.3 is 10.2 Å². The van der Waals surface area contributed by atoms with E-state index in [0.717, 1.165) is 16.8 Å². The molecule has 1 aromatic carbocycles. The zero-order valence-corrected chi connectivity index (χ0v) is 14.9. The van der Waals surface area contributed by atoms with E-state index in [1.807, 2.05) is 50.2 Å². The number of anilines is 2. The van der Waals surface area contributed by atoms with Crippen LogP contribution < -0.4 is 10.2 Å². The minimum absolute atomic E-state index is 0.163. The number of pyridine rings is 1. The van der Waals surface area contributed by atoms with Gasteiger partial charge in [0.15, 0.2) is 5.69 Å². The number of aryl methyl sites for hydroxylation is 1. The third-order valence-corrected chi connectivity index (χ3v) is 3.95. The van der Waals surface area contributed by atoms with Gasteiger partial charge in [-0.1, -0.05) is 18.2 Å². The summed E-state index contributed by atoms with van der Waals surface area (Å²) in [4.78, 5) is 18.5. The Morgan fingerprint density at radius 2 is 2.00 bits per heavy atom. The highest BCUT2D eigenvalue weighted by Crippen LogP contribution is 2.18. The number of hydrogen-bond acceptors (Lipinski definition) is 5. The number of benzene rings is 1. The lowest BCUT2D eigenvalue weighted by Gasteiger charge is -2.20. The molecule has 0 radical (unpaired) electrons. The van der Waals surface area contributed by atoms with Crippen LogP contribution in [0.15, 0.2) is 60.9 Å². The maximum Gasteiger partial charge on any atom is 0.278 e. The summed E-state index contributed by atoms with van der Waals surface area (Å²) in [7, 11) is 0. The topological polar surface area (TPSA) is 71.0 Å². The third kappa shape index (κ3) is 4.22. The molecule has 6 nitrogen and oxygen atoms in total. The van der Waals surface area contributed by atoms with Crippen molar-refractivity contribution in [1.29, 1.82) is 0 Å². The van der Waals surface area contributed by atoms with Gasteiger partial charge in [-0.05, 0) is 55.3 Å². The van der Waals surface area contributed by atoms with E-state index < -0.39 is 0 Å². The molecule has 0 fully saturated rings. The summed E-state index contributed by atoms with van der Waals surface area (Å²) < 4.78 is 0. The molecule has 2 heterocycles. The number of nitrogens with zero attached hydrogens (tertiary/aromatic N) is 4. The van der Waals surface area contributed by atoms with E-state index in [9.17, 15) is 4.79 Å². The molecule has 26 heavy (non-hydrogen) atoms. The highest BCUT2D eigenvalue weighted by atomic mass is 16.2. The third-order valence-electron chi connectivity index (χ3n) is 3.95. The standard InChI is InChI=1S/C20H21N5O/c1-3-25(17-8-4-6-15(2)12-17)20(26)18-9-10-19(24-23-18)22-14-16-7-5-11-21-13-16/h4-13H,3,14H2,1-2H3,(H,22,24). The fourth-order valence-corrected chi connectivity index (χ4v) is 2.61. The molecule has 0 aliphatic heterocycles. The number of hydrogen-bond donors (Lipinski definition) is 1. The van der Waals surface area contributed by atoms with Crippen molar-refractivity contribution in [3.8, 4) is 0 Å². The predicted molar refractivity (Wildman–Crippen MR) is 102 cm³/mol. The number of carbonyl (C=O) groups excluding carboxylic acids is 1. The lowest BCUT2D eigenvalue weighted by atomic mass is 10.2. The quantitative estimate of drug-likeness (QED) is 0.739. The molecule has 0 aliphatic carbocycles. The van der Waals surface area contributed by atoms with Crippen molar-refractivity contribution in [2.75, 3.05) is 16.8 Å². The zero-order chi connectivity index (χ0) is 18.4. The van der Waals surface area contributed by atoms with Crippen LogP contribution in [0.5, 0.6) is 0 Å². The Morgan fingerprint density at radius 3 is 2.65 bits per heavy atom. The van der Waals surface area contributed by atoms with Gasteiger partial charge in [0.2, 0.25) is 0 Å². The lowest BCUT2D eigenvalue weighted by Crippen LogP contribution is -2.31. The van der Waals surface area contributed by atoms with Crippen LogP contribution in [-0.4, -0.2) is 27.6 Å². The first-order valence-corrected chi connectivity index (χ1v) is 8.52. The van der Waals surface area contributed by atoms with Gasteiger partial charge in [0.05, 0.1) is 0 Å². The van der Waals surface area contributed by atoms with Crippen LogP contribution in [0.1, 0.15) is 28.5 Å². The molecule has 0 unspecified atom stereocenters. The van der Waals surface area contributed by atoms with Crippen LogP contribution in [0, 0.1) is 6.92 Å². The number of carbonyl (C=O) groups is 1. The molecule has 2 aromatic heterocycles. The van der Waals surface area contributed by atoms with E-state index in [1.165, 1.54) is 0 Å². The fourth-order valence-electron chi connectivity index (χ4n) is 2.61. The van der Waals surface area contributed by atoms with Gasteiger partial charge in [-0.3, -0.25) is 9.78 Å². The zero-order valence-electron chi connectivity index (χ0n) is 14.9. The Balaban J connectivity index is 1.69. The SMILES string of the molecule is CCN(C(=O)c1ccc(NCc2cccnc2)nn1)c1cccc(C)c1. The summed E-state index contributed by atoms with van der Waals surface area (Å²) in [5.41, 5.74) is 3.33. The smallest absolute Gasteiger partial charge is 0.278 e. The normalized spacial score (nSPS) is 10.4. The molecule has 1 N–H and O–H groups in total. The van der Waals surface area contributed by atoms with Gasteiger partial charge in [0.25, 0.3) is 5.91 Å². The van der Waals surface area contributed by atoms with Gasteiger partial charge in [0, 0.05) is 31.2 Å². The molecule has 0 saturated heterocycles. The molecular weight excluding hydrogens is 326 g/mol. The molecule has 0 atom stereocenters. The van der Waals surface area contributed by atoms with E-state index >= 15 is 0 Å². The molecule has 0 spiro atoms. The molecule has 0 saturated carbocycles. The number of nitrogens with one attached hydrogen (secondary N) is 1. The predicted octanol–water partition coefficient (Wildman–Crippen LogP) is 3.46. The molecule has 6 heteroatoms. The van der Waals surface area contributed by atoms with Gasteiger partial charge in [0.1, 0.15) is 5.82 Å². The van der Waals surface area contributed by atoms with Crippen molar-refractivity contribution < 1.29 is 4.79 Å². The minimum Gasteiger partial charge on any atom is -0.364 e. The number of aromatic nitrogens is 3. The van der Waals surface area contributed by atoms with Crippen molar-refractivity contribution in [2.45, 2.75) is 20.4 Å². The summed E-state index contributed by atoms with van der Waals surface area (Å²) in [5, 5.41) is 11.4. The van der Waals surface area contributed by atoms with Crippen molar-refractivity contribution >= 4 is 17.4 Å². The van der Waals surface area contributed by atoms with Gasteiger partial charge in [-0.2, -0.15) is 0 Å². The molecule has 3 rings (SSSR count). The van der Waals surface area contributed by atoms with Crippen LogP contribution in [-0.2, 0) is 6.54 Å². The van der Waals surface area contributed by atoms with Crippen molar-refractivity contribution in [3.63, 3.8) is 0 Å². The lowest BCUT2D eigenvalue weighted by molar-refractivity contribution is 0.0982. The molecule has 3 aromatic rings. The highest BCUT2D eigenvalue weighted by molar-refractivity contribution is 6.04. The van der Waals surface area contributed by atoms with Gasteiger partial charge in [-0.15, -0.1) is 10.2 Å². The molecule has 132 valence electrons. The first kappa shape index (κ1) is 17.5. The fraction of sp³-hybridized carbons (Fsp3) is 0.200. The Labute approximate surface area is 152 Å². The van der Waals surface area contributed by atoms with E-state index in [1.54, 1.807) is 29.4 Å². The average molecular weight is 347 g/mol. The molecule has 1 amide bonds. The largest absolute Gasteiger partial charge is 0.364 e. The van der Waals surface area contributed by atoms with Crippen molar-refractivity contribution in [1.82, 2.24) is 15.2 Å². The average Bonchev–Trinajstić information content (AvgIpc) is 2.68. The summed E-state index contributed by atoms with van der Waals surface area (Å²) in [6.45, 7) is 5.10. The van der Waals surface area contributed by atoms with E-state index in [4.69, 9.17) is 0 Å². The van der Waals surface area contributed by atoms with Crippen molar-refractivity contribution in [2.24, 2.45) is 0 Å². The van der Waals surface area contributed by atoms with E-state index in [2.05, 4.69) is 20.5 Å². The maximum absolute atomic E-state index is 12.8. The van der Waals surface area contributed by atoms with Crippen LogP contribution in [0.4, 0.5) is 11.5 Å². The first-order chi connectivity index (χ1) is 12.7. The van der Waals surface area contributed by atoms with Crippen molar-refractivity contribution in [3.05, 3.63) is 77.7 Å². The second-order valence-electron chi connectivity index (χ2n) is 5.91. The maximum atomic E-state index is 12.8. The van der Waals surface area contributed by atoms with Crippen LogP contribution >= 0.6 is 0 Å². The van der Waals surface area contributed by atoms with Crippen LogP contribution in [0.25, 0.3) is 0 Å². The summed E-state index contributed by atoms with van der Waals surface area (Å²) in [6.07, 6.45) is 3.52. The van der Waals surface area contributed by atoms with Gasteiger partial charge >= 0.3 is 0 Å².